The van der Waals surface area contributed by atoms with E-state index in [-0.39, 0.29) is 39.4 Å². The molecule has 19 nitrogen and oxygen atoms in total. The minimum Gasteiger partial charge on any atom is -0.479 e. The van der Waals surface area contributed by atoms with Crippen molar-refractivity contribution in [3.8, 4) is 0 Å². The van der Waals surface area contributed by atoms with E-state index in [4.69, 9.17) is 28.4 Å². The molecule has 0 amide bonds. The van der Waals surface area contributed by atoms with Gasteiger partial charge in [0.1, 0.15) is 67.1 Å². The monoisotopic (exact) mass is 956 g/mol. The van der Waals surface area contributed by atoms with Crippen LogP contribution in [0.4, 0.5) is 0 Å². The van der Waals surface area contributed by atoms with Gasteiger partial charge in [-0.05, 0) is 109 Å². The lowest BCUT2D eigenvalue weighted by molar-refractivity contribution is -0.374. The Morgan fingerprint density at radius 2 is 1.24 bits per heavy atom. The van der Waals surface area contributed by atoms with Crippen molar-refractivity contribution >= 4 is 11.9 Å². The van der Waals surface area contributed by atoms with Gasteiger partial charge in [-0.15, -0.1) is 0 Å². The first-order valence-electron chi connectivity index (χ1n) is 24.3. The molecule has 8 aliphatic rings. The summed E-state index contributed by atoms with van der Waals surface area (Å²) >= 11 is 0. The van der Waals surface area contributed by atoms with E-state index < -0.39 is 134 Å². The molecule has 19 heteroatoms. The minimum absolute atomic E-state index is 0.0828. The molecule has 11 N–H and O–H groups in total. The first kappa shape index (κ1) is 51.4. The SMILES string of the molecule is CC1(C)CC[C@]2(C(=O)O[C@@H]3O[C@H](CO)[C@@H](O)[C@H](O)[C@H]3O)CC[C@]3(C)C(=CC[C@H]4[C@@]5(C)CC[C@H](O[C@@H]6O[C@H](C(=O)O)[C@@H](O)[C@H](O)[C@H]6O[C@@H]6O[C@H](CO)[C@@H](O)[C@H](O)[C@H]6O)C(C)(C)[C@H]5CC[C@]43C)[C@H]2C1. The summed E-state index contributed by atoms with van der Waals surface area (Å²) in [5.74, 6) is -1.94. The van der Waals surface area contributed by atoms with Gasteiger partial charge < -0.3 is 84.6 Å². The fourth-order valence-corrected chi connectivity index (χ4v) is 15.0. The smallest absolute Gasteiger partial charge is 0.335 e. The van der Waals surface area contributed by atoms with Crippen LogP contribution in [0.15, 0.2) is 11.6 Å². The van der Waals surface area contributed by atoms with Gasteiger partial charge in [-0.25, -0.2) is 4.79 Å². The fourth-order valence-electron chi connectivity index (χ4n) is 15.0. The number of esters is 1. The van der Waals surface area contributed by atoms with E-state index in [9.17, 15) is 65.8 Å². The van der Waals surface area contributed by atoms with Gasteiger partial charge in [0.25, 0.3) is 0 Å². The molecule has 0 spiro atoms. The number of allylic oxidation sites excluding steroid dienone is 2. The second kappa shape index (κ2) is 18.0. The van der Waals surface area contributed by atoms with Crippen LogP contribution in [0.25, 0.3) is 0 Å². The molecule has 67 heavy (non-hydrogen) atoms. The molecule has 0 bridgehead atoms. The van der Waals surface area contributed by atoms with Gasteiger partial charge in [-0.2, -0.15) is 0 Å². The Labute approximate surface area is 391 Å². The summed E-state index contributed by atoms with van der Waals surface area (Å²) in [4.78, 5) is 27.0. The number of fused-ring (bicyclic) bond motifs is 7. The number of carbonyl (C=O) groups is 2. The van der Waals surface area contributed by atoms with Crippen LogP contribution in [0.5, 0.6) is 0 Å². The maximum Gasteiger partial charge on any atom is 0.335 e. The van der Waals surface area contributed by atoms with Crippen molar-refractivity contribution in [3.63, 3.8) is 0 Å². The highest BCUT2D eigenvalue weighted by molar-refractivity contribution is 5.79. The number of hydrogen-bond donors (Lipinski definition) is 11. The number of aliphatic hydroxyl groups excluding tert-OH is 10. The third-order valence-electron chi connectivity index (χ3n) is 19.3. The van der Waals surface area contributed by atoms with Crippen molar-refractivity contribution in [2.24, 2.45) is 50.2 Å². The van der Waals surface area contributed by atoms with Gasteiger partial charge in [0, 0.05) is 0 Å². The molecule has 3 saturated heterocycles. The zero-order valence-corrected chi connectivity index (χ0v) is 39.7. The maximum absolute atomic E-state index is 14.7. The molecular weight excluding hydrogens is 881 g/mol. The Balaban J connectivity index is 1.05. The topological polar surface area (TPSA) is 312 Å². The lowest BCUT2D eigenvalue weighted by Crippen LogP contribution is -2.67. The molecule has 0 radical (unpaired) electrons. The summed E-state index contributed by atoms with van der Waals surface area (Å²) < 4.78 is 35.7. The normalized spacial score (nSPS) is 52.6. The van der Waals surface area contributed by atoms with Crippen molar-refractivity contribution in [1.82, 2.24) is 0 Å². The summed E-state index contributed by atoms with van der Waals surface area (Å²) in [6.07, 6.45) is -16.4. The number of rotatable bonds is 9. The molecule has 0 aromatic heterocycles. The molecule has 8 rings (SSSR count). The van der Waals surface area contributed by atoms with Crippen LogP contribution in [0, 0.1) is 50.2 Å². The van der Waals surface area contributed by atoms with Gasteiger partial charge in [0.15, 0.2) is 18.7 Å². The number of carboxylic acids is 1. The van der Waals surface area contributed by atoms with E-state index in [2.05, 4.69) is 54.5 Å². The quantitative estimate of drug-likeness (QED) is 0.0838. The second-order valence-corrected chi connectivity index (χ2v) is 23.5. The van der Waals surface area contributed by atoms with Crippen molar-refractivity contribution in [1.29, 1.82) is 0 Å². The number of carbonyl (C=O) groups excluding carboxylic acids is 1. The van der Waals surface area contributed by atoms with E-state index in [0.717, 1.165) is 38.5 Å². The third kappa shape index (κ3) is 8.06. The molecule has 23 atom stereocenters. The summed E-state index contributed by atoms with van der Waals surface area (Å²) in [7, 11) is 0. The van der Waals surface area contributed by atoms with Crippen molar-refractivity contribution in [2.75, 3.05) is 13.2 Å². The number of aliphatic carboxylic acids is 1. The van der Waals surface area contributed by atoms with E-state index in [1.54, 1.807) is 0 Å². The van der Waals surface area contributed by atoms with Gasteiger partial charge in [-0.3, -0.25) is 4.79 Å². The standard InChI is InChI=1S/C48H76O19/c1-43(2)14-16-48(42(61)67-40-35(58)31(54)29(52)24(20-50)63-40)17-15-46(6)21(22(48)18-43)8-9-26-45(5)12-11-27(44(3,4)25(45)10-13-47(26,46)7)64-41-37(33(56)32(55)36(65-41)38(59)60)66-39-34(57)30(53)28(51)23(19-49)62-39/h8,22-37,39-41,49-58H,9-20H2,1-7H3,(H,59,60)/t22-,23-,24-,25-,26+,27+,28-,29-,30+,31+,32+,33+,34-,35-,36+,37-,39+,40+,41-,45+,46-,47-,48+/m1/s1. The number of hydrogen-bond acceptors (Lipinski definition) is 18. The highest BCUT2D eigenvalue weighted by Crippen LogP contribution is 2.76. The molecule has 3 heterocycles. The Kier molecular flexibility index (Phi) is 13.8. The van der Waals surface area contributed by atoms with Crippen LogP contribution in [0.3, 0.4) is 0 Å². The Morgan fingerprint density at radius 1 is 0.642 bits per heavy atom. The average Bonchev–Trinajstić information content (AvgIpc) is 3.26. The summed E-state index contributed by atoms with van der Waals surface area (Å²) in [6.45, 7) is 14.4. The van der Waals surface area contributed by atoms with Gasteiger partial charge >= 0.3 is 11.9 Å². The zero-order chi connectivity index (χ0) is 49.1. The highest BCUT2D eigenvalue weighted by Gasteiger charge is 2.70. The molecule has 382 valence electrons. The van der Waals surface area contributed by atoms with Crippen LogP contribution in [-0.2, 0) is 38.0 Å². The summed E-state index contributed by atoms with van der Waals surface area (Å²) in [5.41, 5.74) is -1.05. The van der Waals surface area contributed by atoms with Crippen LogP contribution >= 0.6 is 0 Å². The molecule has 0 unspecified atom stereocenters. The van der Waals surface area contributed by atoms with Gasteiger partial charge in [-0.1, -0.05) is 60.1 Å². The lowest BCUT2D eigenvalue weighted by Gasteiger charge is -2.71. The molecule has 4 saturated carbocycles. The number of aliphatic hydroxyl groups is 10. The lowest BCUT2D eigenvalue weighted by atomic mass is 9.33. The van der Waals surface area contributed by atoms with E-state index in [1.165, 1.54) is 5.57 Å². The van der Waals surface area contributed by atoms with Crippen LogP contribution in [0.2, 0.25) is 0 Å². The molecule has 5 aliphatic carbocycles. The largest absolute Gasteiger partial charge is 0.479 e. The van der Waals surface area contributed by atoms with Crippen LogP contribution in [-0.4, -0.2) is 180 Å². The van der Waals surface area contributed by atoms with Gasteiger partial charge in [0.05, 0.1) is 24.7 Å². The Bertz CT molecular complexity index is 1870. The molecule has 0 aromatic rings. The van der Waals surface area contributed by atoms with Crippen LogP contribution < -0.4 is 0 Å². The first-order valence-corrected chi connectivity index (χ1v) is 24.3. The predicted molar refractivity (Wildman–Crippen MR) is 231 cm³/mol. The molecule has 0 aromatic carbocycles. The highest BCUT2D eigenvalue weighted by atomic mass is 16.8. The summed E-state index contributed by atoms with van der Waals surface area (Å²) in [5, 5.41) is 115. The summed E-state index contributed by atoms with van der Waals surface area (Å²) in [6, 6.07) is 0. The van der Waals surface area contributed by atoms with E-state index in [0.29, 0.717) is 25.7 Å². The van der Waals surface area contributed by atoms with Crippen LogP contribution in [0.1, 0.15) is 113 Å². The Morgan fingerprint density at radius 3 is 1.85 bits per heavy atom. The third-order valence-corrected chi connectivity index (χ3v) is 19.3. The molecule has 3 aliphatic heterocycles. The number of ether oxygens (including phenoxy) is 6. The molecular formula is C48H76O19. The second-order valence-electron chi connectivity index (χ2n) is 23.5. The number of carboxylic acid groups (broad SMARTS) is 1. The van der Waals surface area contributed by atoms with Crippen molar-refractivity contribution in [3.05, 3.63) is 11.6 Å². The molecule has 7 fully saturated rings. The van der Waals surface area contributed by atoms with Crippen molar-refractivity contribution < 1.29 is 94.2 Å². The fraction of sp³-hybridized carbons (Fsp3) is 0.917. The maximum atomic E-state index is 14.7. The van der Waals surface area contributed by atoms with Crippen molar-refractivity contribution in [2.45, 2.75) is 211 Å². The van der Waals surface area contributed by atoms with E-state index in [1.807, 2.05) is 0 Å². The minimum atomic E-state index is -1.98. The zero-order valence-electron chi connectivity index (χ0n) is 39.7. The first-order chi connectivity index (χ1) is 31.2. The average molecular weight is 957 g/mol. The van der Waals surface area contributed by atoms with Gasteiger partial charge in [0.2, 0.25) is 6.29 Å². The van der Waals surface area contributed by atoms with E-state index >= 15 is 0 Å². The predicted octanol–water partition coefficient (Wildman–Crippen LogP) is 0.233. The Hall–Kier alpha value is -1.92.